The van der Waals surface area contributed by atoms with E-state index >= 15 is 0 Å². The molecule has 0 fully saturated rings. The highest BCUT2D eigenvalue weighted by Gasteiger charge is 2.10. The first-order chi connectivity index (χ1) is 10.9. The van der Waals surface area contributed by atoms with Crippen molar-refractivity contribution < 1.29 is 0 Å². The Hall–Kier alpha value is -2.06. The van der Waals surface area contributed by atoms with E-state index in [1.807, 2.05) is 12.3 Å². The summed E-state index contributed by atoms with van der Waals surface area (Å²) >= 11 is 0. The van der Waals surface area contributed by atoms with Gasteiger partial charge in [-0.15, -0.1) is 0 Å². The molecule has 0 unspecified atom stereocenters. The molecule has 1 aromatic heterocycles. The van der Waals surface area contributed by atoms with Gasteiger partial charge in [-0.25, -0.2) is 10.0 Å². The first kappa shape index (κ1) is 15.8. The summed E-state index contributed by atoms with van der Waals surface area (Å²) in [6.45, 7) is 2.15. The highest BCUT2D eigenvalue weighted by Crippen LogP contribution is 2.44. The van der Waals surface area contributed by atoms with Crippen molar-refractivity contribution in [3.8, 4) is 22.4 Å². The number of pyridine rings is 1. The van der Waals surface area contributed by atoms with Gasteiger partial charge in [-0.05, 0) is 60.6 Å². The molecule has 3 aromatic rings. The summed E-state index contributed by atoms with van der Waals surface area (Å²) in [7, 11) is -0.726. The molecule has 2 heteroatoms. The number of hydrogen-bond donors (Lipinski definition) is 0. The lowest BCUT2D eigenvalue weighted by atomic mass is 9.98. The third-order valence-electron chi connectivity index (χ3n) is 4.06. The van der Waals surface area contributed by atoms with Crippen molar-refractivity contribution in [2.75, 3.05) is 18.8 Å². The van der Waals surface area contributed by atoms with Crippen LogP contribution in [0.4, 0.5) is 0 Å². The summed E-state index contributed by atoms with van der Waals surface area (Å²) in [4.78, 5) is 6.08. The van der Waals surface area contributed by atoms with Crippen LogP contribution in [0.5, 0.6) is 0 Å². The van der Waals surface area contributed by atoms with Crippen LogP contribution < -0.4 is 0 Å². The topological polar surface area (TPSA) is 12.9 Å². The van der Waals surface area contributed by atoms with Crippen LogP contribution in [0.3, 0.4) is 0 Å². The lowest BCUT2D eigenvalue weighted by molar-refractivity contribution is 1.22. The summed E-state index contributed by atoms with van der Waals surface area (Å²) in [6, 6.07) is 21.5. The van der Waals surface area contributed by atoms with E-state index in [1.165, 1.54) is 27.1 Å². The average Bonchev–Trinajstić information content (AvgIpc) is 2.55. The maximum Gasteiger partial charge on any atom is 0.0705 e. The zero-order valence-electron chi connectivity index (χ0n) is 14.2. The van der Waals surface area contributed by atoms with Crippen molar-refractivity contribution in [1.82, 2.24) is 4.98 Å². The molecule has 0 spiro atoms. The summed E-state index contributed by atoms with van der Waals surface area (Å²) in [5.41, 5.74) is 5.99. The predicted molar refractivity (Wildman–Crippen MR) is 103 cm³/mol. The number of aryl methyl sites for hydroxylation is 1. The van der Waals surface area contributed by atoms with E-state index in [1.54, 1.807) is 0 Å². The van der Waals surface area contributed by atoms with Crippen molar-refractivity contribution in [1.29, 1.82) is 0 Å². The fourth-order valence-electron chi connectivity index (χ4n) is 2.61. The van der Waals surface area contributed by atoms with Gasteiger partial charge >= 0.3 is 0 Å². The minimum Gasteiger partial charge on any atom is -0.255 e. The molecule has 3 rings (SSSR count). The van der Waals surface area contributed by atoms with E-state index in [0.29, 0.717) is 0 Å². The predicted octanol–water partition coefficient (Wildman–Crippen LogP) is 5.78. The number of benzene rings is 2. The van der Waals surface area contributed by atoms with E-state index in [-0.39, 0.29) is 0 Å². The maximum absolute atomic E-state index is 4.73. The second-order valence-corrected chi connectivity index (χ2v) is 10.8. The quantitative estimate of drug-likeness (QED) is 0.596. The van der Waals surface area contributed by atoms with E-state index in [9.17, 15) is 0 Å². The van der Waals surface area contributed by atoms with Gasteiger partial charge < -0.3 is 0 Å². The Morgan fingerprint density at radius 3 is 2.13 bits per heavy atom. The van der Waals surface area contributed by atoms with Crippen molar-refractivity contribution in [2.24, 2.45) is 0 Å². The Bertz CT molecular complexity index is 799. The van der Waals surface area contributed by atoms with Gasteiger partial charge in [0.05, 0.1) is 5.69 Å². The summed E-state index contributed by atoms with van der Waals surface area (Å²) in [6.07, 6.45) is 8.93. The van der Waals surface area contributed by atoms with Crippen molar-refractivity contribution >= 4 is 10.0 Å². The fourth-order valence-corrected chi connectivity index (χ4v) is 3.46. The van der Waals surface area contributed by atoms with E-state index in [0.717, 1.165) is 5.69 Å². The standard InChI is InChI=1S/C21H23NS/c1-16-10-11-18(17-8-6-5-7-9-17)14-20(16)21-13-12-19(15-22-21)23(2,3)4/h5-15H,1-4H3. The lowest BCUT2D eigenvalue weighted by Gasteiger charge is -2.25. The molecular formula is C21H23NS. The molecule has 0 radical (unpaired) electrons. The number of aromatic nitrogens is 1. The van der Waals surface area contributed by atoms with Gasteiger partial charge in [-0.1, -0.05) is 42.5 Å². The maximum atomic E-state index is 4.73. The number of nitrogens with zero attached hydrogens (tertiary/aromatic N) is 1. The summed E-state index contributed by atoms with van der Waals surface area (Å²) in [5, 5.41) is 0. The first-order valence-corrected chi connectivity index (χ1v) is 10.6. The van der Waals surface area contributed by atoms with Gasteiger partial charge in [-0.2, -0.15) is 0 Å². The second kappa shape index (κ2) is 6.21. The molecule has 0 bridgehead atoms. The minimum absolute atomic E-state index is 0.726. The summed E-state index contributed by atoms with van der Waals surface area (Å²) in [5.74, 6) is 0. The SMILES string of the molecule is Cc1ccc(-c2ccccc2)cc1-c1ccc(S(C)(C)C)cn1. The van der Waals surface area contributed by atoms with Gasteiger partial charge in [-0.3, -0.25) is 4.98 Å². The first-order valence-electron chi connectivity index (χ1n) is 7.76. The van der Waals surface area contributed by atoms with Gasteiger partial charge in [0.2, 0.25) is 0 Å². The zero-order valence-corrected chi connectivity index (χ0v) is 15.0. The monoisotopic (exact) mass is 321 g/mol. The molecule has 23 heavy (non-hydrogen) atoms. The van der Waals surface area contributed by atoms with Gasteiger partial charge in [0, 0.05) is 16.7 Å². The smallest absolute Gasteiger partial charge is 0.0705 e. The van der Waals surface area contributed by atoms with Gasteiger partial charge in [0.25, 0.3) is 0 Å². The van der Waals surface area contributed by atoms with Crippen LogP contribution in [0.25, 0.3) is 22.4 Å². The van der Waals surface area contributed by atoms with Crippen LogP contribution in [-0.4, -0.2) is 23.8 Å². The molecule has 0 aliphatic carbocycles. The molecule has 0 saturated heterocycles. The second-order valence-electron chi connectivity index (χ2n) is 6.61. The van der Waals surface area contributed by atoms with Crippen LogP contribution in [-0.2, 0) is 0 Å². The van der Waals surface area contributed by atoms with Gasteiger partial charge in [0.1, 0.15) is 0 Å². The molecule has 0 atom stereocenters. The van der Waals surface area contributed by atoms with Crippen LogP contribution in [0, 0.1) is 6.92 Å². The van der Waals surface area contributed by atoms with E-state index < -0.39 is 10.0 Å². The zero-order chi connectivity index (χ0) is 16.4. The van der Waals surface area contributed by atoms with Crippen molar-refractivity contribution in [3.05, 3.63) is 72.4 Å². The molecular weight excluding hydrogens is 298 g/mol. The van der Waals surface area contributed by atoms with Crippen LogP contribution in [0.2, 0.25) is 0 Å². The molecule has 118 valence electrons. The lowest BCUT2D eigenvalue weighted by Crippen LogP contribution is -1.95. The normalized spacial score (nSPS) is 12.2. The number of hydrogen-bond acceptors (Lipinski definition) is 1. The van der Waals surface area contributed by atoms with E-state index in [4.69, 9.17) is 4.98 Å². The summed E-state index contributed by atoms with van der Waals surface area (Å²) < 4.78 is 0. The van der Waals surface area contributed by atoms with Crippen LogP contribution in [0.1, 0.15) is 5.56 Å². The minimum atomic E-state index is -0.726. The Morgan fingerprint density at radius 2 is 1.52 bits per heavy atom. The molecule has 1 nitrogen and oxygen atoms in total. The molecule has 0 aliphatic rings. The largest absolute Gasteiger partial charge is 0.255 e. The van der Waals surface area contributed by atoms with Gasteiger partial charge in [0.15, 0.2) is 0 Å². The number of rotatable bonds is 3. The Kier molecular flexibility index (Phi) is 4.27. The molecule has 0 saturated carbocycles. The third-order valence-corrected chi connectivity index (χ3v) is 5.72. The van der Waals surface area contributed by atoms with Crippen molar-refractivity contribution in [2.45, 2.75) is 11.8 Å². The van der Waals surface area contributed by atoms with Crippen molar-refractivity contribution in [3.63, 3.8) is 0 Å². The molecule has 0 aliphatic heterocycles. The molecule has 0 N–H and O–H groups in total. The Morgan fingerprint density at radius 1 is 0.783 bits per heavy atom. The molecule has 2 aromatic carbocycles. The van der Waals surface area contributed by atoms with Crippen LogP contribution >= 0.6 is 10.0 Å². The van der Waals surface area contributed by atoms with E-state index in [2.05, 4.69) is 80.3 Å². The Balaban J connectivity index is 2.03. The highest BCUT2D eigenvalue weighted by molar-refractivity contribution is 8.32. The van der Waals surface area contributed by atoms with Crippen LogP contribution in [0.15, 0.2) is 71.8 Å². The third kappa shape index (κ3) is 3.48. The fraction of sp³-hybridized carbons (Fsp3) is 0.190. The molecule has 1 heterocycles. The molecule has 0 amide bonds. The average molecular weight is 321 g/mol. The highest BCUT2D eigenvalue weighted by atomic mass is 32.3. The Labute approximate surface area is 140 Å².